The summed E-state index contributed by atoms with van der Waals surface area (Å²) in [6, 6.07) is 7.74. The smallest absolute Gasteiger partial charge is 1.00 e. The maximum Gasteiger partial charge on any atom is 1.00 e. The third-order valence-corrected chi connectivity index (χ3v) is 2.72. The van der Waals surface area contributed by atoms with Crippen molar-refractivity contribution < 1.29 is 63.0 Å². The molecule has 0 aliphatic heterocycles. The van der Waals surface area contributed by atoms with Crippen LogP contribution in [0.5, 0.6) is 5.75 Å². The van der Waals surface area contributed by atoms with E-state index in [1.165, 1.54) is 12.1 Å². The molecule has 0 aliphatic rings. The molecular weight excluding hydrogens is 311 g/mol. The molecule has 0 heterocycles. The fourth-order valence-corrected chi connectivity index (χ4v) is 1.62. The largest absolute Gasteiger partial charge is 1.00 e. The SMILES string of the molecule is C=COC(=O)/C(=C\C(=O)Oc1ccccc1)S(=O)(=O)O.[H-].[Na+]. The van der Waals surface area contributed by atoms with Crippen LogP contribution >= 0.6 is 0 Å². The number of benzene rings is 1. The first-order valence-corrected chi connectivity index (χ1v) is 6.56. The van der Waals surface area contributed by atoms with Crippen molar-refractivity contribution in [3.8, 4) is 5.75 Å². The first-order chi connectivity index (χ1) is 9.34. The third kappa shape index (κ3) is 6.69. The summed E-state index contributed by atoms with van der Waals surface area (Å²) in [5.41, 5.74) is 0. The predicted octanol–water partition coefficient (Wildman–Crippen LogP) is -1.83. The second-order valence-electron chi connectivity index (χ2n) is 3.29. The summed E-state index contributed by atoms with van der Waals surface area (Å²) in [5, 5.41) is 0. The van der Waals surface area contributed by atoms with Gasteiger partial charge in [-0.2, -0.15) is 8.42 Å². The molecule has 108 valence electrons. The molecular formula is C12H11NaO7S. The van der Waals surface area contributed by atoms with Gasteiger partial charge in [0.1, 0.15) is 5.75 Å². The van der Waals surface area contributed by atoms with E-state index in [2.05, 4.69) is 11.3 Å². The van der Waals surface area contributed by atoms with Crippen LogP contribution in [-0.4, -0.2) is 24.9 Å². The van der Waals surface area contributed by atoms with Crippen molar-refractivity contribution in [2.75, 3.05) is 0 Å². The molecule has 0 aliphatic carbocycles. The van der Waals surface area contributed by atoms with Gasteiger partial charge in [-0.05, 0) is 12.1 Å². The Labute approximate surface area is 144 Å². The summed E-state index contributed by atoms with van der Waals surface area (Å²) < 4.78 is 39.7. The van der Waals surface area contributed by atoms with Gasteiger partial charge in [0.15, 0.2) is 4.91 Å². The number of ether oxygens (including phenoxy) is 2. The van der Waals surface area contributed by atoms with Crippen LogP contribution in [-0.2, 0) is 24.4 Å². The van der Waals surface area contributed by atoms with Gasteiger partial charge in [-0.15, -0.1) is 0 Å². The normalized spacial score (nSPS) is 11.0. The number of para-hydroxylation sites is 1. The molecule has 0 bridgehead atoms. The van der Waals surface area contributed by atoms with E-state index in [1.54, 1.807) is 18.2 Å². The minimum atomic E-state index is -4.94. The summed E-state index contributed by atoms with van der Waals surface area (Å²) in [6.07, 6.45) is 0.970. The van der Waals surface area contributed by atoms with E-state index in [0.29, 0.717) is 12.3 Å². The van der Waals surface area contributed by atoms with Crippen LogP contribution < -0.4 is 34.3 Å². The number of rotatable bonds is 5. The first kappa shape index (κ1) is 19.6. The van der Waals surface area contributed by atoms with E-state index in [4.69, 9.17) is 9.29 Å². The number of carbonyl (C=O) groups is 2. The van der Waals surface area contributed by atoms with Crippen molar-refractivity contribution >= 4 is 22.1 Å². The van der Waals surface area contributed by atoms with E-state index in [9.17, 15) is 18.0 Å². The molecule has 0 fully saturated rings. The Morgan fingerprint density at radius 1 is 1.24 bits per heavy atom. The predicted molar refractivity (Wildman–Crippen MR) is 69.1 cm³/mol. The maximum absolute atomic E-state index is 11.5. The van der Waals surface area contributed by atoms with Gasteiger partial charge < -0.3 is 10.9 Å². The van der Waals surface area contributed by atoms with Gasteiger partial charge >= 0.3 is 51.6 Å². The monoisotopic (exact) mass is 322 g/mol. The van der Waals surface area contributed by atoms with Crippen LogP contribution in [0.15, 0.2) is 54.2 Å². The minimum Gasteiger partial charge on any atom is -1.00 e. The molecule has 0 unspecified atom stereocenters. The molecule has 0 spiro atoms. The Morgan fingerprint density at radius 3 is 2.29 bits per heavy atom. The Balaban J connectivity index is 0. The van der Waals surface area contributed by atoms with Crippen molar-refractivity contribution in [3.05, 3.63) is 54.2 Å². The zero-order valence-electron chi connectivity index (χ0n) is 12.1. The number of carbonyl (C=O) groups excluding carboxylic acids is 2. The van der Waals surface area contributed by atoms with Crippen LogP contribution in [0.2, 0.25) is 0 Å². The standard InChI is InChI=1S/C12H10O7S.Na.H/c1-2-18-12(14)10(20(15,16)17)8-11(13)19-9-6-4-3-5-7-9;;/h2-8H,1H2,(H,15,16,17);;/q;+1;-1/b10-8+;;. The first-order valence-electron chi connectivity index (χ1n) is 5.12. The molecule has 1 rings (SSSR count). The Hall–Kier alpha value is -1.45. The summed E-state index contributed by atoms with van der Waals surface area (Å²) in [7, 11) is -4.94. The van der Waals surface area contributed by atoms with Gasteiger partial charge in [-0.1, -0.05) is 24.8 Å². The summed E-state index contributed by atoms with van der Waals surface area (Å²) in [6.45, 7) is 3.05. The van der Waals surface area contributed by atoms with Crippen LogP contribution in [0.1, 0.15) is 1.43 Å². The van der Waals surface area contributed by atoms with Crippen molar-refractivity contribution in [3.63, 3.8) is 0 Å². The molecule has 0 aromatic heterocycles. The topological polar surface area (TPSA) is 107 Å². The van der Waals surface area contributed by atoms with Crippen LogP contribution in [0.25, 0.3) is 0 Å². The second-order valence-corrected chi connectivity index (χ2v) is 4.68. The van der Waals surface area contributed by atoms with E-state index >= 15 is 0 Å². The quantitative estimate of drug-likeness (QED) is 0.170. The van der Waals surface area contributed by atoms with Crippen molar-refractivity contribution in [2.45, 2.75) is 0 Å². The molecule has 0 radical (unpaired) electrons. The molecule has 0 amide bonds. The van der Waals surface area contributed by atoms with Gasteiger partial charge in [0.2, 0.25) is 0 Å². The maximum atomic E-state index is 11.5. The van der Waals surface area contributed by atoms with Crippen molar-refractivity contribution in [1.29, 1.82) is 0 Å². The number of hydrogen-bond donors (Lipinski definition) is 1. The Morgan fingerprint density at radius 2 is 1.81 bits per heavy atom. The van der Waals surface area contributed by atoms with Gasteiger partial charge in [-0.25, -0.2) is 9.59 Å². The van der Waals surface area contributed by atoms with E-state index in [0.717, 1.165) is 0 Å². The van der Waals surface area contributed by atoms with Gasteiger partial charge in [0.25, 0.3) is 0 Å². The number of esters is 2. The zero-order chi connectivity index (χ0) is 15.2. The van der Waals surface area contributed by atoms with Crippen molar-refractivity contribution in [2.24, 2.45) is 0 Å². The fourth-order valence-electron chi connectivity index (χ4n) is 1.11. The Bertz CT molecular complexity index is 655. The Kier molecular flexibility index (Phi) is 8.15. The molecule has 0 saturated heterocycles. The van der Waals surface area contributed by atoms with Crippen LogP contribution in [0.3, 0.4) is 0 Å². The molecule has 1 aromatic rings. The van der Waals surface area contributed by atoms with Crippen molar-refractivity contribution in [1.82, 2.24) is 0 Å². The van der Waals surface area contributed by atoms with E-state index in [-0.39, 0.29) is 36.7 Å². The molecule has 0 atom stereocenters. The molecule has 9 heteroatoms. The number of hydrogen-bond acceptors (Lipinski definition) is 6. The van der Waals surface area contributed by atoms with Gasteiger partial charge in [0.05, 0.1) is 12.3 Å². The van der Waals surface area contributed by atoms with Crippen LogP contribution in [0.4, 0.5) is 0 Å². The average Bonchev–Trinajstić information content (AvgIpc) is 2.36. The van der Waals surface area contributed by atoms with Gasteiger partial charge in [-0.3, -0.25) is 4.55 Å². The third-order valence-electron chi connectivity index (χ3n) is 1.88. The molecule has 1 N–H and O–H groups in total. The molecule has 7 nitrogen and oxygen atoms in total. The second kappa shape index (κ2) is 8.75. The van der Waals surface area contributed by atoms with Crippen LogP contribution in [0, 0.1) is 0 Å². The molecule has 1 aromatic carbocycles. The molecule has 0 saturated carbocycles. The summed E-state index contributed by atoms with van der Waals surface area (Å²) in [5.74, 6) is -2.47. The average molecular weight is 322 g/mol. The van der Waals surface area contributed by atoms with E-state index in [1.807, 2.05) is 0 Å². The summed E-state index contributed by atoms with van der Waals surface area (Å²) >= 11 is 0. The van der Waals surface area contributed by atoms with E-state index < -0.39 is 27.0 Å². The molecule has 21 heavy (non-hydrogen) atoms. The minimum absolute atomic E-state index is 0. The fraction of sp³-hybridized carbons (Fsp3) is 0. The van der Waals surface area contributed by atoms with Gasteiger partial charge in [0, 0.05) is 0 Å². The zero-order valence-corrected chi connectivity index (χ0v) is 13.9. The summed E-state index contributed by atoms with van der Waals surface area (Å²) in [4.78, 5) is 21.5.